The molecule has 0 saturated heterocycles. The van der Waals surface area contributed by atoms with Gasteiger partial charge in [0, 0.05) is 66.1 Å². The summed E-state index contributed by atoms with van der Waals surface area (Å²) in [5, 5.41) is 36.7. The van der Waals surface area contributed by atoms with Crippen LogP contribution >= 0.6 is 0 Å². The summed E-state index contributed by atoms with van der Waals surface area (Å²) >= 11 is 0. The molecule has 0 radical (unpaired) electrons. The van der Waals surface area contributed by atoms with E-state index in [1.54, 1.807) is 0 Å². The summed E-state index contributed by atoms with van der Waals surface area (Å²) in [5.74, 6) is 2.56. The lowest BCUT2D eigenvalue weighted by molar-refractivity contribution is 1.07. The van der Waals surface area contributed by atoms with Crippen LogP contribution < -0.4 is 0 Å². The summed E-state index contributed by atoms with van der Waals surface area (Å²) in [6, 6.07) is 186. The van der Waals surface area contributed by atoms with E-state index in [0.29, 0.717) is 23.3 Å². The minimum atomic E-state index is 0.616. The smallest absolute Gasteiger partial charge is 0.164 e. The second-order valence-corrected chi connectivity index (χ2v) is 38.6. The van der Waals surface area contributed by atoms with Crippen molar-refractivity contribution in [3.63, 3.8) is 0 Å². The predicted molar refractivity (Wildman–Crippen MR) is 623 cm³/mol. The molecule has 0 aliphatic heterocycles. The average Bonchev–Trinajstić information content (AvgIpc) is 0.728. The molecule has 148 heavy (non-hydrogen) atoms. The van der Waals surface area contributed by atoms with Crippen LogP contribution in [0, 0.1) is 0 Å². The van der Waals surface area contributed by atoms with Gasteiger partial charge in [-0.05, 0) is 239 Å². The fraction of sp³-hybridized carbons (Fsp3) is 0. The molecule has 30 rings (SSSR count). The van der Waals surface area contributed by atoms with Crippen LogP contribution in [0.15, 0.2) is 516 Å². The Morgan fingerprint density at radius 2 is 0.270 bits per heavy atom. The van der Waals surface area contributed by atoms with Crippen molar-refractivity contribution in [1.29, 1.82) is 0 Å². The zero-order valence-electron chi connectivity index (χ0n) is 80.2. The van der Waals surface area contributed by atoms with Gasteiger partial charge in [0.2, 0.25) is 0 Å². The first kappa shape index (κ1) is 85.1. The molecule has 7 nitrogen and oxygen atoms in total. The van der Waals surface area contributed by atoms with E-state index in [9.17, 15) is 0 Å². The molecule has 0 atom stereocenters. The summed E-state index contributed by atoms with van der Waals surface area (Å²) in [6.45, 7) is 0. The Bertz CT molecular complexity index is 9870. The van der Waals surface area contributed by atoms with Crippen molar-refractivity contribution in [3.05, 3.63) is 516 Å². The second-order valence-electron chi connectivity index (χ2n) is 38.6. The van der Waals surface area contributed by atoms with Crippen LogP contribution in [0.3, 0.4) is 0 Å². The minimum absolute atomic E-state index is 0.616. The highest BCUT2D eigenvalue weighted by Gasteiger charge is 2.25. The molecule has 26 aromatic carbocycles. The zero-order valence-corrected chi connectivity index (χ0v) is 80.2. The molecule has 0 amide bonds. The number of nitrogens with zero attached hydrogens (tertiary/aromatic N) is 7. The van der Waals surface area contributed by atoms with Crippen molar-refractivity contribution in [2.24, 2.45) is 0 Å². The predicted octanol–water partition coefficient (Wildman–Crippen LogP) is 37.6. The Kier molecular flexibility index (Phi) is 20.2. The third-order valence-electron chi connectivity index (χ3n) is 30.3. The number of hydrogen-bond acceptors (Lipinski definition) is 7. The quantitative estimate of drug-likeness (QED) is 0.113. The van der Waals surface area contributed by atoms with E-state index in [1.165, 1.54) is 140 Å². The van der Waals surface area contributed by atoms with Crippen molar-refractivity contribution >= 4 is 173 Å². The summed E-state index contributed by atoms with van der Waals surface area (Å²) in [7, 11) is 0. The SMILES string of the molecule is c1ccc(-c2cc(-c3ccccc3)nc(-c3ccc(-c4cc(-c5ccc6c7ccccc7c7ccccc7c6c5)nc5c4cc(-c4ccc6c7ccccc7c7ccccc7c6c4)c4ccccc45)cc3)n2)cc1.c1ccc(-c2nc(-c3ccccc3)nc(-c3ccc(-c4cc(-c5ccc6c7ccccc7c7ccccc7c6c5)nc5c4cc(-c4ccc6c7ccccc7c7ccccc7c6c4)c4ccccc45)cc3)n2)cc1. The Balaban J connectivity index is 0.000000140. The van der Waals surface area contributed by atoms with Gasteiger partial charge >= 0.3 is 0 Å². The maximum Gasteiger partial charge on any atom is 0.164 e. The van der Waals surface area contributed by atoms with Crippen molar-refractivity contribution in [2.75, 3.05) is 0 Å². The van der Waals surface area contributed by atoms with Crippen LogP contribution in [0.5, 0.6) is 0 Å². The zero-order chi connectivity index (χ0) is 97.4. The maximum atomic E-state index is 5.69. The van der Waals surface area contributed by atoms with Crippen LogP contribution in [0.1, 0.15) is 0 Å². The molecular weight excluding hydrogens is 1790 g/mol. The van der Waals surface area contributed by atoms with Crippen LogP contribution in [0.25, 0.3) is 308 Å². The van der Waals surface area contributed by atoms with E-state index in [0.717, 1.165) is 144 Å². The Labute approximate surface area is 852 Å². The Hall–Kier alpha value is -19.7. The van der Waals surface area contributed by atoms with Gasteiger partial charge in [0.15, 0.2) is 23.3 Å². The molecule has 4 aromatic heterocycles. The molecule has 30 aromatic rings. The van der Waals surface area contributed by atoms with Crippen LogP contribution in [0.4, 0.5) is 0 Å². The first-order valence-corrected chi connectivity index (χ1v) is 50.5. The summed E-state index contributed by atoms with van der Waals surface area (Å²) in [4.78, 5) is 36.9. The largest absolute Gasteiger partial charge is 0.247 e. The maximum absolute atomic E-state index is 5.69. The van der Waals surface area contributed by atoms with Gasteiger partial charge in [0.25, 0.3) is 0 Å². The molecule has 0 spiro atoms. The molecule has 0 bridgehead atoms. The van der Waals surface area contributed by atoms with Gasteiger partial charge in [-0.15, -0.1) is 0 Å². The number of fused-ring (bicyclic) bond motifs is 30. The summed E-state index contributed by atoms with van der Waals surface area (Å²) < 4.78 is 0. The lowest BCUT2D eigenvalue weighted by Crippen LogP contribution is -2.00. The van der Waals surface area contributed by atoms with Gasteiger partial charge in [0.05, 0.1) is 33.8 Å². The third kappa shape index (κ3) is 14.5. The van der Waals surface area contributed by atoms with Crippen molar-refractivity contribution in [1.82, 2.24) is 34.9 Å². The minimum Gasteiger partial charge on any atom is -0.247 e. The molecule has 684 valence electrons. The first-order chi connectivity index (χ1) is 73.4. The fourth-order valence-corrected chi connectivity index (χ4v) is 23.3. The Morgan fingerprint density at radius 1 is 0.0878 bits per heavy atom. The normalized spacial score (nSPS) is 11.8. The molecule has 0 unspecified atom stereocenters. The van der Waals surface area contributed by atoms with Gasteiger partial charge in [-0.3, -0.25) is 0 Å². The van der Waals surface area contributed by atoms with Crippen molar-refractivity contribution in [3.8, 4) is 135 Å². The third-order valence-corrected chi connectivity index (χ3v) is 30.3. The van der Waals surface area contributed by atoms with Crippen molar-refractivity contribution in [2.45, 2.75) is 0 Å². The molecule has 0 aliphatic rings. The Morgan fingerprint density at radius 3 is 0.547 bits per heavy atom. The van der Waals surface area contributed by atoms with Crippen molar-refractivity contribution < 1.29 is 0 Å². The standard InChI is InChI=1S/C71H43N3.C70H42N4/c1-3-17-45(18-4-1)68-43-69(46-19-5-2-6-20-46)74-71(73-68)47-33-31-44(32-34-47)63-42-67(49-36-38-60-55-26-10-8-22-51(55)53-24-12-14-28-57(53)65(60)40-49)72-70-61-30-16-15-29-58(61)62(41-66(63)70)48-35-37-59-54-25-9-7-21-50(54)52-23-11-13-27-56(52)64(59)39-48;1-3-17-44(18-4-1)68-72-69(45-19-5-2-6-20-45)74-70(73-68)46-33-31-43(32-34-46)62-42-66(48-36-38-59-54-26-10-8-22-50(54)52-24-12-14-28-56(52)64(59)40-48)71-67-60-30-16-15-29-57(60)61(41-65(62)67)47-35-37-58-53-25-9-7-21-49(53)51-23-11-13-27-55(51)63(58)39-47/h1-43H;1-42H. The number of rotatable bonds is 12. The van der Waals surface area contributed by atoms with Gasteiger partial charge in [-0.2, -0.15) is 0 Å². The highest BCUT2D eigenvalue weighted by Crippen LogP contribution is 2.50. The number of hydrogen-bond donors (Lipinski definition) is 0. The van der Waals surface area contributed by atoms with Gasteiger partial charge in [-0.1, -0.05) is 461 Å². The lowest BCUT2D eigenvalue weighted by Gasteiger charge is -2.17. The van der Waals surface area contributed by atoms with Crippen LogP contribution in [0.2, 0.25) is 0 Å². The number of pyridine rings is 2. The van der Waals surface area contributed by atoms with E-state index in [2.05, 4.69) is 443 Å². The average molecular weight is 1880 g/mol. The summed E-state index contributed by atoms with van der Waals surface area (Å²) in [5.41, 5.74) is 22.5. The van der Waals surface area contributed by atoms with Gasteiger partial charge in [-0.25, -0.2) is 34.9 Å². The van der Waals surface area contributed by atoms with E-state index in [4.69, 9.17) is 34.9 Å². The topological polar surface area (TPSA) is 90.2 Å². The molecule has 4 heterocycles. The molecule has 0 N–H and O–H groups in total. The molecule has 0 aliphatic carbocycles. The van der Waals surface area contributed by atoms with E-state index in [-0.39, 0.29) is 0 Å². The number of benzene rings is 26. The fourth-order valence-electron chi connectivity index (χ4n) is 23.3. The summed E-state index contributed by atoms with van der Waals surface area (Å²) in [6.07, 6.45) is 0. The molecular formula is C141H85N7. The van der Waals surface area contributed by atoms with Gasteiger partial charge < -0.3 is 0 Å². The lowest BCUT2D eigenvalue weighted by atomic mass is 9.88. The highest BCUT2D eigenvalue weighted by atomic mass is 15.0. The van der Waals surface area contributed by atoms with E-state index in [1.807, 2.05) is 72.8 Å². The van der Waals surface area contributed by atoms with Crippen LogP contribution in [-0.4, -0.2) is 34.9 Å². The van der Waals surface area contributed by atoms with Gasteiger partial charge in [0.1, 0.15) is 0 Å². The molecule has 7 heteroatoms. The van der Waals surface area contributed by atoms with E-state index >= 15 is 0 Å². The second kappa shape index (κ2) is 35.2. The molecule has 0 fully saturated rings. The van der Waals surface area contributed by atoms with E-state index < -0.39 is 0 Å². The molecule has 0 saturated carbocycles. The number of aromatic nitrogens is 7. The monoisotopic (exact) mass is 1880 g/mol. The first-order valence-electron chi connectivity index (χ1n) is 50.5. The highest BCUT2D eigenvalue weighted by molar-refractivity contribution is 6.31. The van der Waals surface area contributed by atoms with Crippen LogP contribution in [-0.2, 0) is 0 Å².